The van der Waals surface area contributed by atoms with Gasteiger partial charge in [-0.3, -0.25) is 4.57 Å². The summed E-state index contributed by atoms with van der Waals surface area (Å²) in [5.74, 6) is 0.986. The molecule has 0 aliphatic carbocycles. The molecule has 0 atom stereocenters. The molecule has 5 rings (SSSR count). The van der Waals surface area contributed by atoms with E-state index < -0.39 is 0 Å². The van der Waals surface area contributed by atoms with Gasteiger partial charge >= 0.3 is 0 Å². The van der Waals surface area contributed by atoms with Gasteiger partial charge in [0, 0.05) is 18.8 Å². The molecule has 4 heterocycles. The van der Waals surface area contributed by atoms with E-state index in [1.165, 1.54) is 6.20 Å². The second-order valence-corrected chi connectivity index (χ2v) is 6.42. The van der Waals surface area contributed by atoms with Gasteiger partial charge in [0.15, 0.2) is 5.65 Å². The van der Waals surface area contributed by atoms with Gasteiger partial charge in [-0.1, -0.05) is 18.2 Å². The number of imidazole rings is 1. The first-order valence-electron chi connectivity index (χ1n) is 9.01. The molecular weight excluding hydrogens is 356 g/mol. The summed E-state index contributed by atoms with van der Waals surface area (Å²) in [7, 11) is 0. The summed E-state index contributed by atoms with van der Waals surface area (Å²) >= 11 is 0. The molecule has 9 nitrogen and oxygen atoms in total. The Hall–Kier alpha value is -3.59. The van der Waals surface area contributed by atoms with E-state index in [0.717, 1.165) is 24.4 Å². The standard InChI is InChI=1S/C19H18N8O/c20-15-11-21-14(10-22-15)16-17-18(25-19(24-16)26-6-8-28-9-7-26)27(12-23-17)13-4-2-1-3-5-13/h1-5,10-12H,6-9H2,(H2,20,22). The Bertz CT molecular complexity index is 1100. The van der Waals surface area contributed by atoms with E-state index in [1.807, 2.05) is 34.9 Å². The summed E-state index contributed by atoms with van der Waals surface area (Å²) < 4.78 is 7.42. The smallest absolute Gasteiger partial charge is 0.228 e. The lowest BCUT2D eigenvalue weighted by Crippen LogP contribution is -2.37. The summed E-state index contributed by atoms with van der Waals surface area (Å²) in [6.45, 7) is 2.77. The molecule has 1 aromatic carbocycles. The van der Waals surface area contributed by atoms with Gasteiger partial charge in [0.1, 0.15) is 29.0 Å². The second kappa shape index (κ2) is 6.86. The lowest BCUT2D eigenvalue weighted by atomic mass is 10.2. The molecule has 1 fully saturated rings. The number of ether oxygens (including phenoxy) is 1. The molecule has 140 valence electrons. The Morgan fingerprint density at radius 1 is 0.929 bits per heavy atom. The van der Waals surface area contributed by atoms with Crippen molar-refractivity contribution in [3.63, 3.8) is 0 Å². The number of aromatic nitrogens is 6. The number of nitrogen functional groups attached to an aromatic ring is 1. The zero-order valence-electron chi connectivity index (χ0n) is 15.1. The molecule has 28 heavy (non-hydrogen) atoms. The molecule has 0 radical (unpaired) electrons. The van der Waals surface area contributed by atoms with Gasteiger partial charge in [-0.25, -0.2) is 19.9 Å². The number of morpholine rings is 1. The minimum absolute atomic E-state index is 0.359. The van der Waals surface area contributed by atoms with E-state index in [9.17, 15) is 0 Å². The number of fused-ring (bicyclic) bond motifs is 1. The van der Waals surface area contributed by atoms with Crippen molar-refractivity contribution in [3.8, 4) is 17.1 Å². The van der Waals surface area contributed by atoms with Crippen LogP contribution in [-0.4, -0.2) is 55.8 Å². The van der Waals surface area contributed by atoms with Crippen LogP contribution in [0.3, 0.4) is 0 Å². The van der Waals surface area contributed by atoms with Gasteiger partial charge in [0.2, 0.25) is 5.95 Å². The lowest BCUT2D eigenvalue weighted by Gasteiger charge is -2.27. The molecule has 4 aromatic rings. The maximum Gasteiger partial charge on any atom is 0.228 e. The van der Waals surface area contributed by atoms with Gasteiger partial charge < -0.3 is 15.4 Å². The molecule has 1 aliphatic rings. The molecule has 0 bridgehead atoms. The number of nitrogens with two attached hydrogens (primary N) is 1. The third kappa shape index (κ3) is 2.91. The van der Waals surface area contributed by atoms with Crippen LogP contribution in [0.4, 0.5) is 11.8 Å². The number of hydrogen-bond acceptors (Lipinski definition) is 8. The number of rotatable bonds is 3. The van der Waals surface area contributed by atoms with Crippen LogP contribution in [0.15, 0.2) is 49.1 Å². The highest BCUT2D eigenvalue weighted by Gasteiger charge is 2.21. The first kappa shape index (κ1) is 16.6. The van der Waals surface area contributed by atoms with Crippen LogP contribution in [0, 0.1) is 0 Å². The molecule has 3 aromatic heterocycles. The predicted octanol–water partition coefficient (Wildman–Crippen LogP) is 1.69. The van der Waals surface area contributed by atoms with Crippen molar-refractivity contribution in [2.75, 3.05) is 36.9 Å². The summed E-state index contributed by atoms with van der Waals surface area (Å²) in [5.41, 5.74) is 9.30. The third-order valence-electron chi connectivity index (χ3n) is 4.63. The number of anilines is 2. The molecule has 0 saturated carbocycles. The van der Waals surface area contributed by atoms with E-state index in [2.05, 4.69) is 19.9 Å². The largest absolute Gasteiger partial charge is 0.382 e. The summed E-state index contributed by atoms with van der Waals surface area (Å²) in [6.07, 6.45) is 4.89. The van der Waals surface area contributed by atoms with Gasteiger partial charge in [-0.2, -0.15) is 4.98 Å². The number of nitrogens with zero attached hydrogens (tertiary/aromatic N) is 7. The number of para-hydroxylation sites is 1. The summed E-state index contributed by atoms with van der Waals surface area (Å²) in [5, 5.41) is 0. The first-order chi connectivity index (χ1) is 13.8. The Morgan fingerprint density at radius 3 is 2.50 bits per heavy atom. The van der Waals surface area contributed by atoms with Gasteiger partial charge in [-0.15, -0.1) is 0 Å². The Balaban J connectivity index is 1.73. The van der Waals surface area contributed by atoms with E-state index in [4.69, 9.17) is 20.4 Å². The first-order valence-corrected chi connectivity index (χ1v) is 9.01. The molecule has 2 N–H and O–H groups in total. The Labute approximate surface area is 160 Å². The van der Waals surface area contributed by atoms with Gasteiger partial charge in [0.05, 0.1) is 25.6 Å². The Morgan fingerprint density at radius 2 is 1.75 bits per heavy atom. The highest BCUT2D eigenvalue weighted by Crippen LogP contribution is 2.28. The van der Waals surface area contributed by atoms with Crippen LogP contribution in [-0.2, 0) is 4.74 Å². The van der Waals surface area contributed by atoms with E-state index in [1.54, 1.807) is 12.5 Å². The van der Waals surface area contributed by atoms with Gasteiger partial charge in [0.25, 0.3) is 0 Å². The minimum atomic E-state index is 0.359. The average molecular weight is 374 g/mol. The van der Waals surface area contributed by atoms with Crippen molar-refractivity contribution in [2.45, 2.75) is 0 Å². The van der Waals surface area contributed by atoms with Crippen molar-refractivity contribution in [3.05, 3.63) is 49.1 Å². The number of benzene rings is 1. The highest BCUT2D eigenvalue weighted by molar-refractivity contribution is 5.88. The summed E-state index contributed by atoms with van der Waals surface area (Å²) in [6, 6.07) is 9.97. The fourth-order valence-electron chi connectivity index (χ4n) is 3.21. The average Bonchev–Trinajstić information content (AvgIpc) is 3.19. The topological polar surface area (TPSA) is 108 Å². The minimum Gasteiger partial charge on any atom is -0.382 e. The molecule has 1 saturated heterocycles. The third-order valence-corrected chi connectivity index (χ3v) is 4.63. The molecule has 0 unspecified atom stereocenters. The molecular formula is C19H18N8O. The normalized spacial score (nSPS) is 14.5. The van der Waals surface area contributed by atoms with E-state index in [0.29, 0.717) is 41.9 Å². The van der Waals surface area contributed by atoms with Crippen LogP contribution < -0.4 is 10.6 Å². The van der Waals surface area contributed by atoms with Crippen molar-refractivity contribution >= 4 is 22.9 Å². The zero-order valence-corrected chi connectivity index (χ0v) is 15.1. The maximum absolute atomic E-state index is 5.70. The predicted molar refractivity (Wildman–Crippen MR) is 105 cm³/mol. The molecule has 0 spiro atoms. The molecule has 0 amide bonds. The summed E-state index contributed by atoms with van der Waals surface area (Å²) in [4.78, 5) is 24.8. The fraction of sp³-hybridized carbons (Fsp3) is 0.211. The van der Waals surface area contributed by atoms with Crippen LogP contribution in [0.25, 0.3) is 28.2 Å². The molecule has 9 heteroatoms. The van der Waals surface area contributed by atoms with Crippen molar-refractivity contribution in [1.82, 2.24) is 29.5 Å². The number of hydrogen-bond donors (Lipinski definition) is 1. The van der Waals surface area contributed by atoms with Crippen LogP contribution in [0.1, 0.15) is 0 Å². The Kier molecular flexibility index (Phi) is 4.06. The van der Waals surface area contributed by atoms with Crippen LogP contribution in [0.5, 0.6) is 0 Å². The SMILES string of the molecule is Nc1cnc(-c2nc(N3CCOCC3)nc3c2ncn3-c2ccccc2)cn1. The van der Waals surface area contributed by atoms with Crippen molar-refractivity contribution in [2.24, 2.45) is 0 Å². The van der Waals surface area contributed by atoms with Crippen molar-refractivity contribution in [1.29, 1.82) is 0 Å². The molecule has 1 aliphatic heterocycles. The maximum atomic E-state index is 5.70. The monoisotopic (exact) mass is 374 g/mol. The zero-order chi connectivity index (χ0) is 18.9. The fourth-order valence-corrected chi connectivity index (χ4v) is 3.21. The quantitative estimate of drug-likeness (QED) is 0.577. The second-order valence-electron chi connectivity index (χ2n) is 6.42. The van der Waals surface area contributed by atoms with E-state index >= 15 is 0 Å². The van der Waals surface area contributed by atoms with Crippen LogP contribution in [0.2, 0.25) is 0 Å². The highest BCUT2D eigenvalue weighted by atomic mass is 16.5. The lowest BCUT2D eigenvalue weighted by molar-refractivity contribution is 0.122. The van der Waals surface area contributed by atoms with Crippen LogP contribution >= 0.6 is 0 Å². The van der Waals surface area contributed by atoms with Crippen molar-refractivity contribution < 1.29 is 4.74 Å². The van der Waals surface area contributed by atoms with E-state index in [-0.39, 0.29) is 0 Å². The van der Waals surface area contributed by atoms with Gasteiger partial charge in [-0.05, 0) is 12.1 Å².